The Bertz CT molecular complexity index is 503. The number of hydrogen-bond acceptors (Lipinski definition) is 0. The Kier molecular flexibility index (Phi) is 4.97. The number of hydrogen-bond donors (Lipinski definition) is 0. The average Bonchev–Trinajstić information content (AvgIpc) is 2.46. The molecule has 0 nitrogen and oxygen atoms in total. The summed E-state index contributed by atoms with van der Waals surface area (Å²) >= 11 is 0. The van der Waals surface area contributed by atoms with Gasteiger partial charge in [0.25, 0.3) is 0 Å². The molecule has 0 amide bonds. The van der Waals surface area contributed by atoms with Gasteiger partial charge in [-0.3, -0.25) is 0 Å². The summed E-state index contributed by atoms with van der Waals surface area (Å²) < 4.78 is 38.5. The summed E-state index contributed by atoms with van der Waals surface area (Å²) in [5.74, 6) is 0.715. The van der Waals surface area contributed by atoms with Crippen LogP contribution in [0, 0.1) is 5.92 Å². The molecule has 0 heterocycles. The first kappa shape index (κ1) is 16.3. The Labute approximate surface area is 126 Å². The molecule has 2 rings (SSSR count). The molecule has 0 saturated heterocycles. The van der Waals surface area contributed by atoms with Gasteiger partial charge in [0.05, 0.1) is 13.6 Å². The molecule has 0 aliphatic heterocycles. The number of halogens is 3. The van der Waals surface area contributed by atoms with Crippen LogP contribution in [-0.4, -0.2) is 8.07 Å². The van der Waals surface area contributed by atoms with E-state index in [4.69, 9.17) is 0 Å². The summed E-state index contributed by atoms with van der Waals surface area (Å²) in [6, 6.07) is 7.03. The zero-order valence-corrected chi connectivity index (χ0v) is 13.7. The summed E-state index contributed by atoms with van der Waals surface area (Å²) in [6.45, 7) is 4.36. The van der Waals surface area contributed by atoms with E-state index < -0.39 is 19.8 Å². The van der Waals surface area contributed by atoms with Crippen molar-refractivity contribution in [3.8, 4) is 0 Å². The molecule has 116 valence electrons. The lowest BCUT2D eigenvalue weighted by molar-refractivity contribution is -0.137. The molecular formula is C17H23F3Si. The van der Waals surface area contributed by atoms with Crippen molar-refractivity contribution in [1.29, 1.82) is 0 Å². The minimum atomic E-state index is -4.24. The van der Waals surface area contributed by atoms with Crippen molar-refractivity contribution in [2.24, 2.45) is 5.92 Å². The van der Waals surface area contributed by atoms with Crippen molar-refractivity contribution < 1.29 is 13.2 Å². The second kappa shape index (κ2) is 6.38. The fourth-order valence-corrected chi connectivity index (χ4v) is 5.46. The predicted molar refractivity (Wildman–Crippen MR) is 84.5 cm³/mol. The first-order valence-electron chi connectivity index (χ1n) is 7.62. The molecule has 1 aliphatic rings. The van der Waals surface area contributed by atoms with E-state index in [0.717, 1.165) is 30.5 Å². The fourth-order valence-electron chi connectivity index (χ4n) is 2.94. The lowest BCUT2D eigenvalue weighted by Crippen LogP contribution is -2.42. The molecule has 1 unspecified atom stereocenters. The minimum Gasteiger partial charge on any atom is -0.166 e. The van der Waals surface area contributed by atoms with Crippen LogP contribution in [0.1, 0.15) is 31.2 Å². The molecule has 0 saturated carbocycles. The monoisotopic (exact) mass is 312 g/mol. The smallest absolute Gasteiger partial charge is 0.166 e. The third-order valence-electron chi connectivity index (χ3n) is 4.53. The standard InChI is InChI=1S/C17H23F3Si/c1-21(2,12-11-14-7-4-3-5-8-14)16-10-6-9-15(13-16)17(18,19)20/h3-4,6,9-10,13-14H,5,7-8,11-12H2,1-2H3. The number of rotatable bonds is 4. The molecular weight excluding hydrogens is 289 g/mol. The summed E-state index contributed by atoms with van der Waals surface area (Å²) in [5, 5.41) is 0.920. The number of alkyl halides is 3. The zero-order chi connectivity index (χ0) is 15.5. The summed E-state index contributed by atoms with van der Waals surface area (Å²) in [6.07, 6.45) is 4.88. The Morgan fingerprint density at radius 1 is 1.19 bits per heavy atom. The molecule has 4 heteroatoms. The van der Waals surface area contributed by atoms with Gasteiger partial charge in [-0.25, -0.2) is 0 Å². The van der Waals surface area contributed by atoms with Crippen LogP contribution in [0.5, 0.6) is 0 Å². The second-order valence-electron chi connectivity index (χ2n) is 6.65. The average molecular weight is 312 g/mol. The van der Waals surface area contributed by atoms with Gasteiger partial charge in [-0.15, -0.1) is 0 Å². The third-order valence-corrected chi connectivity index (χ3v) is 7.94. The van der Waals surface area contributed by atoms with E-state index in [-0.39, 0.29) is 0 Å². The molecule has 1 aromatic rings. The van der Waals surface area contributed by atoms with Crippen LogP contribution in [0.25, 0.3) is 0 Å². The van der Waals surface area contributed by atoms with E-state index >= 15 is 0 Å². The quantitative estimate of drug-likeness (QED) is 0.518. The highest BCUT2D eigenvalue weighted by molar-refractivity contribution is 6.89. The maximum Gasteiger partial charge on any atom is 0.416 e. The van der Waals surface area contributed by atoms with Crippen molar-refractivity contribution >= 4 is 13.3 Å². The van der Waals surface area contributed by atoms with E-state index in [1.165, 1.54) is 18.6 Å². The van der Waals surface area contributed by atoms with Crippen LogP contribution in [0.4, 0.5) is 13.2 Å². The van der Waals surface area contributed by atoms with E-state index in [1.807, 2.05) is 6.07 Å². The first-order valence-corrected chi connectivity index (χ1v) is 10.8. The Hall–Kier alpha value is -1.03. The van der Waals surface area contributed by atoms with Gasteiger partial charge in [0.2, 0.25) is 0 Å². The van der Waals surface area contributed by atoms with Gasteiger partial charge in [0, 0.05) is 0 Å². The van der Waals surface area contributed by atoms with Crippen LogP contribution >= 0.6 is 0 Å². The molecule has 0 fully saturated rings. The van der Waals surface area contributed by atoms with E-state index in [9.17, 15) is 13.2 Å². The highest BCUT2D eigenvalue weighted by atomic mass is 28.3. The van der Waals surface area contributed by atoms with Gasteiger partial charge in [0.1, 0.15) is 0 Å². The van der Waals surface area contributed by atoms with Crippen molar-refractivity contribution in [3.05, 3.63) is 42.0 Å². The molecule has 21 heavy (non-hydrogen) atoms. The Morgan fingerprint density at radius 2 is 1.95 bits per heavy atom. The summed E-state index contributed by atoms with van der Waals surface area (Å²) in [5.41, 5.74) is -0.513. The molecule has 0 aromatic heterocycles. The highest BCUT2D eigenvalue weighted by Crippen LogP contribution is 2.30. The molecule has 0 spiro atoms. The van der Waals surface area contributed by atoms with Crippen molar-refractivity contribution in [2.75, 3.05) is 0 Å². The van der Waals surface area contributed by atoms with Gasteiger partial charge in [-0.1, -0.05) is 67.2 Å². The first-order chi connectivity index (χ1) is 9.79. The van der Waals surface area contributed by atoms with Crippen LogP contribution in [-0.2, 0) is 6.18 Å². The summed E-state index contributed by atoms with van der Waals surface area (Å²) in [4.78, 5) is 0. The lowest BCUT2D eigenvalue weighted by Gasteiger charge is -2.27. The SMILES string of the molecule is C[Si](C)(CCC1CC=CCC1)c1cccc(C(F)(F)F)c1. The molecule has 0 bridgehead atoms. The van der Waals surface area contributed by atoms with E-state index in [1.54, 1.807) is 6.07 Å². The number of benzene rings is 1. The van der Waals surface area contributed by atoms with Gasteiger partial charge in [0.15, 0.2) is 0 Å². The van der Waals surface area contributed by atoms with Crippen LogP contribution < -0.4 is 5.19 Å². The van der Waals surface area contributed by atoms with Crippen molar-refractivity contribution in [1.82, 2.24) is 0 Å². The summed E-state index contributed by atoms with van der Waals surface area (Å²) in [7, 11) is -1.80. The lowest BCUT2D eigenvalue weighted by atomic mass is 9.92. The van der Waals surface area contributed by atoms with Crippen LogP contribution in [0.2, 0.25) is 19.1 Å². The molecule has 0 N–H and O–H groups in total. The van der Waals surface area contributed by atoms with Crippen molar-refractivity contribution in [3.63, 3.8) is 0 Å². The van der Waals surface area contributed by atoms with E-state index in [2.05, 4.69) is 25.2 Å². The molecule has 1 aromatic carbocycles. The Balaban J connectivity index is 2.06. The Morgan fingerprint density at radius 3 is 2.57 bits per heavy atom. The van der Waals surface area contributed by atoms with Gasteiger partial charge >= 0.3 is 6.18 Å². The maximum atomic E-state index is 12.8. The largest absolute Gasteiger partial charge is 0.416 e. The van der Waals surface area contributed by atoms with Crippen LogP contribution in [0.3, 0.4) is 0 Å². The normalized spacial score (nSPS) is 19.8. The van der Waals surface area contributed by atoms with Gasteiger partial charge < -0.3 is 0 Å². The molecule has 0 radical (unpaired) electrons. The van der Waals surface area contributed by atoms with E-state index in [0.29, 0.717) is 5.92 Å². The maximum absolute atomic E-state index is 12.8. The second-order valence-corrected chi connectivity index (χ2v) is 11.5. The third kappa shape index (κ3) is 4.47. The zero-order valence-electron chi connectivity index (χ0n) is 12.7. The van der Waals surface area contributed by atoms with Crippen molar-refractivity contribution in [2.45, 2.75) is 51.0 Å². The number of allylic oxidation sites excluding steroid dienone is 2. The topological polar surface area (TPSA) is 0 Å². The van der Waals surface area contributed by atoms with Gasteiger partial charge in [-0.05, 0) is 25.2 Å². The molecule has 1 atom stereocenters. The highest BCUT2D eigenvalue weighted by Gasteiger charge is 2.32. The van der Waals surface area contributed by atoms with Gasteiger partial charge in [-0.2, -0.15) is 13.2 Å². The minimum absolute atomic E-state index is 0.513. The van der Waals surface area contributed by atoms with Crippen LogP contribution in [0.15, 0.2) is 36.4 Å². The predicted octanol–water partition coefficient (Wildman–Crippen LogP) is 5.37. The molecule has 1 aliphatic carbocycles. The fraction of sp³-hybridized carbons (Fsp3) is 0.529.